The molecule has 0 aromatic carbocycles. The minimum absolute atomic E-state index is 0.333. The minimum atomic E-state index is -0.804. The van der Waals surface area contributed by atoms with Crippen LogP contribution in [0.15, 0.2) is 12.3 Å². The monoisotopic (exact) mass is 281 g/mol. The number of carbonyl (C=O) groups excluding carboxylic acids is 1. The molecule has 1 aromatic rings. The van der Waals surface area contributed by atoms with Gasteiger partial charge in [0.05, 0.1) is 13.1 Å². The van der Waals surface area contributed by atoms with Crippen molar-refractivity contribution in [2.45, 2.75) is 44.8 Å². The SMILES string of the molecule is Cn1nccc1CCC1(O)CN(C(=O)OC(C)(C)C)C1. The standard InChI is InChI=1S/C14H23N3O3/c1-13(2,3)20-12(18)17-9-14(19,10-17)7-5-11-6-8-15-16(11)4/h6,8,19H,5,7,9-10H2,1-4H3. The van der Waals surface area contributed by atoms with E-state index < -0.39 is 11.2 Å². The Kier molecular flexibility index (Phi) is 3.77. The quantitative estimate of drug-likeness (QED) is 0.907. The van der Waals surface area contributed by atoms with Gasteiger partial charge < -0.3 is 14.7 Å². The van der Waals surface area contributed by atoms with E-state index in [1.165, 1.54) is 4.90 Å². The number of aromatic nitrogens is 2. The van der Waals surface area contributed by atoms with Crippen molar-refractivity contribution < 1.29 is 14.6 Å². The van der Waals surface area contributed by atoms with Crippen molar-refractivity contribution in [2.75, 3.05) is 13.1 Å². The van der Waals surface area contributed by atoms with Crippen molar-refractivity contribution in [1.82, 2.24) is 14.7 Å². The fourth-order valence-electron chi connectivity index (χ4n) is 2.29. The number of hydrogen-bond acceptors (Lipinski definition) is 4. The number of β-amino-alcohol motifs (C(OH)–C–C–N with tert-alkyl or cyclic N) is 1. The number of likely N-dealkylation sites (tertiary alicyclic amines) is 1. The Bertz CT molecular complexity index is 484. The van der Waals surface area contributed by atoms with Gasteiger partial charge in [-0.05, 0) is 39.7 Å². The van der Waals surface area contributed by atoms with Crippen LogP contribution < -0.4 is 0 Å². The molecule has 0 aliphatic carbocycles. The summed E-state index contributed by atoms with van der Waals surface area (Å²) in [5.74, 6) is 0. The second kappa shape index (κ2) is 5.09. The number of nitrogens with zero attached hydrogens (tertiary/aromatic N) is 3. The molecular formula is C14H23N3O3. The van der Waals surface area contributed by atoms with E-state index in [0.717, 1.165) is 12.1 Å². The molecule has 6 nitrogen and oxygen atoms in total. The Morgan fingerprint density at radius 2 is 2.15 bits per heavy atom. The van der Waals surface area contributed by atoms with E-state index in [1.807, 2.05) is 33.9 Å². The molecule has 1 saturated heterocycles. The van der Waals surface area contributed by atoms with Crippen LogP contribution in [-0.4, -0.2) is 50.2 Å². The van der Waals surface area contributed by atoms with Crippen LogP contribution in [0.25, 0.3) is 0 Å². The fraction of sp³-hybridized carbons (Fsp3) is 0.714. The lowest BCUT2D eigenvalue weighted by Crippen LogP contribution is -2.64. The van der Waals surface area contributed by atoms with Crippen LogP contribution in [0.1, 0.15) is 32.9 Å². The first-order chi connectivity index (χ1) is 9.19. The maximum absolute atomic E-state index is 11.8. The molecule has 20 heavy (non-hydrogen) atoms. The van der Waals surface area contributed by atoms with Crippen LogP contribution in [-0.2, 0) is 18.2 Å². The molecule has 1 fully saturated rings. The van der Waals surface area contributed by atoms with Crippen molar-refractivity contribution in [3.63, 3.8) is 0 Å². The number of aliphatic hydroxyl groups is 1. The fourth-order valence-corrected chi connectivity index (χ4v) is 2.29. The summed E-state index contributed by atoms with van der Waals surface area (Å²) in [6, 6.07) is 1.94. The second-order valence-electron chi connectivity index (χ2n) is 6.51. The van der Waals surface area contributed by atoms with Gasteiger partial charge in [0.25, 0.3) is 0 Å². The average Bonchev–Trinajstić information content (AvgIpc) is 2.66. The van der Waals surface area contributed by atoms with E-state index >= 15 is 0 Å². The van der Waals surface area contributed by atoms with E-state index in [4.69, 9.17) is 4.74 Å². The summed E-state index contributed by atoms with van der Waals surface area (Å²) >= 11 is 0. The molecule has 0 unspecified atom stereocenters. The Balaban J connectivity index is 1.79. The summed E-state index contributed by atoms with van der Waals surface area (Å²) in [6.07, 6.45) is 2.75. The summed E-state index contributed by atoms with van der Waals surface area (Å²) in [4.78, 5) is 13.3. The van der Waals surface area contributed by atoms with Crippen molar-refractivity contribution in [2.24, 2.45) is 7.05 Å². The number of aryl methyl sites for hydroxylation is 2. The van der Waals surface area contributed by atoms with Gasteiger partial charge in [-0.1, -0.05) is 0 Å². The smallest absolute Gasteiger partial charge is 0.410 e. The van der Waals surface area contributed by atoms with Crippen LogP contribution >= 0.6 is 0 Å². The number of ether oxygens (including phenoxy) is 1. The van der Waals surface area contributed by atoms with Crippen LogP contribution in [0.2, 0.25) is 0 Å². The molecule has 2 rings (SSSR count). The molecule has 0 spiro atoms. The van der Waals surface area contributed by atoms with Crippen LogP contribution in [0.3, 0.4) is 0 Å². The molecular weight excluding hydrogens is 258 g/mol. The lowest BCUT2D eigenvalue weighted by atomic mass is 9.89. The van der Waals surface area contributed by atoms with Gasteiger partial charge in [0.1, 0.15) is 11.2 Å². The number of amides is 1. The molecule has 112 valence electrons. The minimum Gasteiger partial charge on any atom is -0.444 e. The maximum Gasteiger partial charge on any atom is 0.410 e. The summed E-state index contributed by atoms with van der Waals surface area (Å²) < 4.78 is 7.07. The van der Waals surface area contributed by atoms with E-state index in [-0.39, 0.29) is 6.09 Å². The molecule has 1 N–H and O–H groups in total. The molecule has 1 aromatic heterocycles. The zero-order valence-corrected chi connectivity index (χ0v) is 12.6. The van der Waals surface area contributed by atoms with Crippen molar-refractivity contribution in [3.05, 3.63) is 18.0 Å². The Labute approximate surface area is 119 Å². The maximum atomic E-state index is 11.8. The molecule has 1 amide bonds. The highest BCUT2D eigenvalue weighted by Gasteiger charge is 2.44. The molecule has 2 heterocycles. The molecule has 0 saturated carbocycles. The first-order valence-corrected chi connectivity index (χ1v) is 6.86. The van der Waals surface area contributed by atoms with Gasteiger partial charge >= 0.3 is 6.09 Å². The van der Waals surface area contributed by atoms with E-state index in [0.29, 0.717) is 19.5 Å². The van der Waals surface area contributed by atoms with Gasteiger partial charge in [0.15, 0.2) is 0 Å². The van der Waals surface area contributed by atoms with E-state index in [9.17, 15) is 9.90 Å². The van der Waals surface area contributed by atoms with Crippen molar-refractivity contribution in [3.8, 4) is 0 Å². The highest BCUT2D eigenvalue weighted by Crippen LogP contribution is 2.27. The third kappa shape index (κ3) is 3.50. The molecule has 1 aliphatic heterocycles. The first-order valence-electron chi connectivity index (χ1n) is 6.86. The van der Waals surface area contributed by atoms with Crippen LogP contribution in [0, 0.1) is 0 Å². The van der Waals surface area contributed by atoms with Gasteiger partial charge in [0.2, 0.25) is 0 Å². The van der Waals surface area contributed by atoms with Crippen LogP contribution in [0.5, 0.6) is 0 Å². The molecule has 1 aliphatic rings. The lowest BCUT2D eigenvalue weighted by Gasteiger charge is -2.46. The van der Waals surface area contributed by atoms with Crippen molar-refractivity contribution in [1.29, 1.82) is 0 Å². The third-order valence-electron chi connectivity index (χ3n) is 3.39. The summed E-state index contributed by atoms with van der Waals surface area (Å²) in [7, 11) is 1.88. The van der Waals surface area contributed by atoms with Gasteiger partial charge in [-0.25, -0.2) is 4.79 Å². The van der Waals surface area contributed by atoms with E-state index in [1.54, 1.807) is 10.9 Å². The molecule has 0 radical (unpaired) electrons. The van der Waals surface area contributed by atoms with Crippen molar-refractivity contribution >= 4 is 6.09 Å². The topological polar surface area (TPSA) is 67.6 Å². The van der Waals surface area contributed by atoms with E-state index in [2.05, 4.69) is 5.10 Å². The summed E-state index contributed by atoms with van der Waals surface area (Å²) in [6.45, 7) is 6.16. The highest BCUT2D eigenvalue weighted by atomic mass is 16.6. The predicted octanol–water partition coefficient (Wildman–Crippen LogP) is 1.33. The highest BCUT2D eigenvalue weighted by molar-refractivity contribution is 5.69. The summed E-state index contributed by atoms with van der Waals surface area (Å²) in [5, 5.41) is 14.4. The zero-order valence-electron chi connectivity index (χ0n) is 12.6. The zero-order chi connectivity index (χ0) is 15.0. The Hall–Kier alpha value is -1.56. The van der Waals surface area contributed by atoms with Gasteiger partial charge in [0, 0.05) is 18.9 Å². The summed E-state index contributed by atoms with van der Waals surface area (Å²) in [5.41, 5.74) is -0.227. The van der Waals surface area contributed by atoms with Gasteiger partial charge in [-0.3, -0.25) is 4.68 Å². The Morgan fingerprint density at radius 1 is 1.50 bits per heavy atom. The van der Waals surface area contributed by atoms with Crippen LogP contribution in [0.4, 0.5) is 4.79 Å². The van der Waals surface area contributed by atoms with Gasteiger partial charge in [-0.15, -0.1) is 0 Å². The average molecular weight is 281 g/mol. The number of carbonyl (C=O) groups is 1. The Morgan fingerprint density at radius 3 is 2.65 bits per heavy atom. The largest absolute Gasteiger partial charge is 0.444 e. The lowest BCUT2D eigenvalue weighted by molar-refractivity contribution is -0.102. The number of hydrogen-bond donors (Lipinski definition) is 1. The number of rotatable bonds is 3. The predicted molar refractivity (Wildman–Crippen MR) is 74.3 cm³/mol. The van der Waals surface area contributed by atoms with Gasteiger partial charge in [-0.2, -0.15) is 5.10 Å². The molecule has 0 atom stereocenters. The first kappa shape index (κ1) is 14.8. The second-order valence-corrected chi connectivity index (χ2v) is 6.51. The molecule has 6 heteroatoms. The normalized spacial score (nSPS) is 17.8. The molecule has 0 bridgehead atoms. The third-order valence-corrected chi connectivity index (χ3v) is 3.39.